The fourth-order valence-electron chi connectivity index (χ4n) is 1.57. The number of hydrogen-bond donors (Lipinski definition) is 0. The molecule has 0 radical (unpaired) electrons. The van der Waals surface area contributed by atoms with Gasteiger partial charge in [-0.25, -0.2) is 0 Å². The molecule has 2 atom stereocenters. The second kappa shape index (κ2) is 5.26. The van der Waals surface area contributed by atoms with E-state index in [2.05, 4.69) is 0 Å². The first-order valence-electron chi connectivity index (χ1n) is 5.30. The molecule has 2 rings (SSSR count). The summed E-state index contributed by atoms with van der Waals surface area (Å²) in [6.45, 7) is 3.92. The smallest absolute Gasteiger partial charge is 0.184 e. The quantitative estimate of drug-likeness (QED) is 0.758. The third-order valence-corrected chi connectivity index (χ3v) is 2.33. The van der Waals surface area contributed by atoms with E-state index in [0.717, 1.165) is 12.2 Å². The minimum Gasteiger partial charge on any atom is -0.379 e. The molecular weight excluding hydrogens is 192 g/mol. The van der Waals surface area contributed by atoms with Crippen LogP contribution < -0.4 is 0 Å². The topological polar surface area (TPSA) is 27.7 Å². The van der Waals surface area contributed by atoms with Gasteiger partial charge in [0, 0.05) is 12.2 Å². The van der Waals surface area contributed by atoms with Gasteiger partial charge in [-0.05, 0) is 6.92 Å². The Labute approximate surface area is 90.0 Å². The van der Waals surface area contributed by atoms with Crippen molar-refractivity contribution < 1.29 is 14.2 Å². The summed E-state index contributed by atoms with van der Waals surface area (Å²) in [5.74, 6) is 0. The molecule has 1 aliphatic rings. The van der Waals surface area contributed by atoms with E-state index in [4.69, 9.17) is 14.2 Å². The number of benzene rings is 1. The van der Waals surface area contributed by atoms with Crippen LogP contribution in [0.15, 0.2) is 30.3 Å². The number of rotatable bonds is 4. The molecular formula is C12H16O3. The third-order valence-electron chi connectivity index (χ3n) is 2.33. The van der Waals surface area contributed by atoms with Crippen LogP contribution in [0.25, 0.3) is 0 Å². The molecule has 1 saturated heterocycles. The summed E-state index contributed by atoms with van der Waals surface area (Å²) in [7, 11) is 0. The van der Waals surface area contributed by atoms with Gasteiger partial charge in [-0.2, -0.15) is 0 Å². The van der Waals surface area contributed by atoms with Crippen molar-refractivity contribution in [3.05, 3.63) is 35.9 Å². The maximum absolute atomic E-state index is 5.70. The standard InChI is InChI=1S/C12H16O3/c1-2-13-8-11-9-14-12(15-11)10-6-4-3-5-7-10/h3-7,11-12H,2,8-9H2,1H3. The molecule has 0 spiro atoms. The molecule has 0 aromatic heterocycles. The summed E-state index contributed by atoms with van der Waals surface area (Å²) in [5.41, 5.74) is 1.07. The molecule has 82 valence electrons. The summed E-state index contributed by atoms with van der Waals surface area (Å²) in [5, 5.41) is 0. The van der Waals surface area contributed by atoms with E-state index >= 15 is 0 Å². The van der Waals surface area contributed by atoms with E-state index in [1.807, 2.05) is 37.3 Å². The van der Waals surface area contributed by atoms with Crippen LogP contribution in [0, 0.1) is 0 Å². The van der Waals surface area contributed by atoms with Crippen molar-refractivity contribution >= 4 is 0 Å². The Bertz CT molecular complexity index is 286. The van der Waals surface area contributed by atoms with E-state index in [1.165, 1.54) is 0 Å². The normalized spacial score (nSPS) is 25.7. The Morgan fingerprint density at radius 3 is 2.87 bits per heavy atom. The van der Waals surface area contributed by atoms with Crippen molar-refractivity contribution in [2.45, 2.75) is 19.3 Å². The first-order valence-corrected chi connectivity index (χ1v) is 5.30. The van der Waals surface area contributed by atoms with E-state index in [1.54, 1.807) is 0 Å². The molecule has 2 unspecified atom stereocenters. The third kappa shape index (κ3) is 2.78. The molecule has 0 aliphatic carbocycles. The van der Waals surface area contributed by atoms with E-state index in [0.29, 0.717) is 13.2 Å². The van der Waals surface area contributed by atoms with Crippen LogP contribution in [0.4, 0.5) is 0 Å². The maximum Gasteiger partial charge on any atom is 0.184 e. The van der Waals surface area contributed by atoms with Gasteiger partial charge in [0.1, 0.15) is 6.10 Å². The molecule has 0 N–H and O–H groups in total. The van der Waals surface area contributed by atoms with Crippen molar-refractivity contribution in [1.82, 2.24) is 0 Å². The Morgan fingerprint density at radius 1 is 1.33 bits per heavy atom. The first kappa shape index (κ1) is 10.6. The average Bonchev–Trinajstić information content (AvgIpc) is 2.76. The second-order valence-corrected chi connectivity index (χ2v) is 3.49. The van der Waals surface area contributed by atoms with Crippen LogP contribution in [0.2, 0.25) is 0 Å². The van der Waals surface area contributed by atoms with Gasteiger partial charge in [0.05, 0.1) is 13.2 Å². The molecule has 15 heavy (non-hydrogen) atoms. The first-order chi connectivity index (χ1) is 7.40. The van der Waals surface area contributed by atoms with Crippen LogP contribution >= 0.6 is 0 Å². The van der Waals surface area contributed by atoms with E-state index < -0.39 is 0 Å². The van der Waals surface area contributed by atoms with Gasteiger partial charge in [0.2, 0.25) is 0 Å². The highest BCUT2D eigenvalue weighted by atomic mass is 16.7. The van der Waals surface area contributed by atoms with Crippen molar-refractivity contribution in [2.24, 2.45) is 0 Å². The molecule has 1 aromatic carbocycles. The summed E-state index contributed by atoms with van der Waals surface area (Å²) < 4.78 is 16.5. The van der Waals surface area contributed by atoms with Gasteiger partial charge in [-0.1, -0.05) is 30.3 Å². The summed E-state index contributed by atoms with van der Waals surface area (Å²) in [6, 6.07) is 9.97. The zero-order valence-corrected chi connectivity index (χ0v) is 8.89. The predicted octanol–water partition coefficient (Wildman–Crippen LogP) is 2.14. The van der Waals surface area contributed by atoms with Crippen LogP contribution in [0.1, 0.15) is 18.8 Å². The molecule has 0 bridgehead atoms. The molecule has 3 nitrogen and oxygen atoms in total. The molecule has 1 heterocycles. The van der Waals surface area contributed by atoms with Gasteiger partial charge < -0.3 is 14.2 Å². The van der Waals surface area contributed by atoms with Crippen molar-refractivity contribution in [3.63, 3.8) is 0 Å². The fourth-order valence-corrected chi connectivity index (χ4v) is 1.57. The molecule has 1 aliphatic heterocycles. The molecule has 1 aromatic rings. The summed E-state index contributed by atoms with van der Waals surface area (Å²) >= 11 is 0. The van der Waals surface area contributed by atoms with Crippen molar-refractivity contribution in [2.75, 3.05) is 19.8 Å². The minimum atomic E-state index is -0.225. The van der Waals surface area contributed by atoms with Gasteiger partial charge in [0.25, 0.3) is 0 Å². The predicted molar refractivity (Wildman–Crippen MR) is 56.5 cm³/mol. The molecule has 3 heteroatoms. The van der Waals surface area contributed by atoms with E-state index in [9.17, 15) is 0 Å². The Hall–Kier alpha value is -0.900. The minimum absolute atomic E-state index is 0.0650. The van der Waals surface area contributed by atoms with Gasteiger partial charge >= 0.3 is 0 Å². The van der Waals surface area contributed by atoms with Gasteiger partial charge in [0.15, 0.2) is 6.29 Å². The lowest BCUT2D eigenvalue weighted by atomic mass is 10.2. The zero-order chi connectivity index (χ0) is 10.5. The highest BCUT2D eigenvalue weighted by Gasteiger charge is 2.26. The van der Waals surface area contributed by atoms with Crippen molar-refractivity contribution in [3.8, 4) is 0 Å². The molecule has 1 fully saturated rings. The fraction of sp³-hybridized carbons (Fsp3) is 0.500. The number of hydrogen-bond acceptors (Lipinski definition) is 3. The summed E-state index contributed by atoms with van der Waals surface area (Å²) in [4.78, 5) is 0. The lowest BCUT2D eigenvalue weighted by Crippen LogP contribution is -2.17. The Morgan fingerprint density at radius 2 is 2.13 bits per heavy atom. The van der Waals surface area contributed by atoms with Crippen molar-refractivity contribution in [1.29, 1.82) is 0 Å². The Kier molecular flexibility index (Phi) is 3.72. The average molecular weight is 208 g/mol. The van der Waals surface area contributed by atoms with Gasteiger partial charge in [-0.15, -0.1) is 0 Å². The monoisotopic (exact) mass is 208 g/mol. The van der Waals surface area contributed by atoms with Crippen LogP contribution in [-0.4, -0.2) is 25.9 Å². The SMILES string of the molecule is CCOCC1COC(c2ccccc2)O1. The number of ether oxygens (including phenoxy) is 3. The second-order valence-electron chi connectivity index (χ2n) is 3.49. The highest BCUT2D eigenvalue weighted by molar-refractivity contribution is 5.16. The Balaban J connectivity index is 1.87. The highest BCUT2D eigenvalue weighted by Crippen LogP contribution is 2.26. The zero-order valence-electron chi connectivity index (χ0n) is 8.89. The largest absolute Gasteiger partial charge is 0.379 e. The van der Waals surface area contributed by atoms with Crippen LogP contribution in [-0.2, 0) is 14.2 Å². The molecule has 0 amide bonds. The lowest BCUT2D eigenvalue weighted by Gasteiger charge is -2.11. The van der Waals surface area contributed by atoms with Crippen LogP contribution in [0.5, 0.6) is 0 Å². The lowest BCUT2D eigenvalue weighted by molar-refractivity contribution is -0.0730. The summed E-state index contributed by atoms with van der Waals surface area (Å²) in [6.07, 6.45) is -0.160. The van der Waals surface area contributed by atoms with Gasteiger partial charge in [-0.3, -0.25) is 0 Å². The maximum atomic E-state index is 5.70. The molecule has 0 saturated carbocycles. The van der Waals surface area contributed by atoms with Crippen LogP contribution in [0.3, 0.4) is 0 Å². The van der Waals surface area contributed by atoms with E-state index in [-0.39, 0.29) is 12.4 Å².